The molecule has 1 atom stereocenters. The van der Waals surface area contributed by atoms with Gasteiger partial charge in [-0.2, -0.15) is 5.26 Å². The Balaban J connectivity index is 2.24. The third-order valence-corrected chi connectivity index (χ3v) is 3.39. The third kappa shape index (κ3) is 3.95. The van der Waals surface area contributed by atoms with E-state index in [2.05, 4.69) is 13.0 Å². The lowest BCUT2D eigenvalue weighted by atomic mass is 10.0. The van der Waals surface area contributed by atoms with Crippen LogP contribution in [-0.2, 0) is 0 Å². The number of nitrogens with zero attached hydrogens (tertiary/aromatic N) is 1. The fourth-order valence-corrected chi connectivity index (χ4v) is 1.97. The molecule has 0 N–H and O–H groups in total. The molecular formula is C19H18FNO. The van der Waals surface area contributed by atoms with Crippen molar-refractivity contribution in [1.29, 1.82) is 5.26 Å². The lowest BCUT2D eigenvalue weighted by Crippen LogP contribution is -2.09. The molecule has 0 heterocycles. The van der Waals surface area contributed by atoms with E-state index in [1.807, 2.05) is 31.2 Å². The summed E-state index contributed by atoms with van der Waals surface area (Å²) in [6.07, 6.45) is 2.77. The van der Waals surface area contributed by atoms with Crippen molar-refractivity contribution in [3.05, 3.63) is 65.5 Å². The Hall–Kier alpha value is -2.60. The maximum absolute atomic E-state index is 13.8. The normalized spacial score (nSPS) is 12.5. The van der Waals surface area contributed by atoms with E-state index in [0.29, 0.717) is 11.1 Å². The molecule has 0 saturated carbocycles. The minimum atomic E-state index is -0.396. The van der Waals surface area contributed by atoms with Crippen molar-refractivity contribution in [1.82, 2.24) is 0 Å². The van der Waals surface area contributed by atoms with Crippen molar-refractivity contribution in [2.45, 2.75) is 26.4 Å². The van der Waals surface area contributed by atoms with Crippen LogP contribution in [0.4, 0.5) is 4.39 Å². The molecule has 0 aliphatic carbocycles. The van der Waals surface area contributed by atoms with Gasteiger partial charge in [-0.1, -0.05) is 37.3 Å². The third-order valence-electron chi connectivity index (χ3n) is 3.39. The van der Waals surface area contributed by atoms with Crippen LogP contribution in [0.2, 0.25) is 0 Å². The van der Waals surface area contributed by atoms with E-state index in [1.165, 1.54) is 6.07 Å². The summed E-state index contributed by atoms with van der Waals surface area (Å²) in [6.45, 7) is 4.08. The topological polar surface area (TPSA) is 33.0 Å². The summed E-state index contributed by atoms with van der Waals surface area (Å²) in [6, 6.07) is 15.8. The van der Waals surface area contributed by atoms with Gasteiger partial charge in [0.05, 0.1) is 17.7 Å². The maximum atomic E-state index is 13.8. The predicted octanol–water partition coefficient (Wildman–Crippen LogP) is 5.07. The molecule has 0 fully saturated rings. The van der Waals surface area contributed by atoms with Crippen LogP contribution in [0, 0.1) is 17.1 Å². The van der Waals surface area contributed by atoms with Gasteiger partial charge in [0, 0.05) is 5.56 Å². The number of hydrogen-bond acceptors (Lipinski definition) is 2. The monoisotopic (exact) mass is 295 g/mol. The van der Waals surface area contributed by atoms with E-state index in [9.17, 15) is 9.65 Å². The summed E-state index contributed by atoms with van der Waals surface area (Å²) in [7, 11) is 0. The molecule has 2 rings (SSSR count). The molecule has 22 heavy (non-hydrogen) atoms. The highest BCUT2D eigenvalue weighted by Gasteiger charge is 2.07. The Bertz CT molecular complexity index is 698. The van der Waals surface area contributed by atoms with Gasteiger partial charge in [0.1, 0.15) is 11.6 Å². The smallest absolute Gasteiger partial charge is 0.131 e. The largest absolute Gasteiger partial charge is 0.491 e. The van der Waals surface area contributed by atoms with Crippen molar-refractivity contribution in [2.24, 2.45) is 0 Å². The molecule has 0 spiro atoms. The molecule has 3 heteroatoms. The standard InChI is InChI=1S/C19H18FNO/c1-3-14(2)22-17-10-8-15(9-11-17)12-16(13-21)18-6-4-5-7-19(18)20/h4-12,14H,3H2,1-2H3/b16-12-/t14-/m1/s1. The van der Waals surface area contributed by atoms with E-state index in [0.717, 1.165) is 17.7 Å². The van der Waals surface area contributed by atoms with Crippen molar-refractivity contribution in [3.8, 4) is 11.8 Å². The van der Waals surface area contributed by atoms with Gasteiger partial charge >= 0.3 is 0 Å². The van der Waals surface area contributed by atoms with Crippen molar-refractivity contribution in [3.63, 3.8) is 0 Å². The summed E-state index contributed by atoms with van der Waals surface area (Å²) >= 11 is 0. The van der Waals surface area contributed by atoms with Crippen molar-refractivity contribution in [2.75, 3.05) is 0 Å². The molecule has 2 aromatic carbocycles. The van der Waals surface area contributed by atoms with E-state index >= 15 is 0 Å². The molecular weight excluding hydrogens is 277 g/mol. The Morgan fingerprint density at radius 1 is 1.23 bits per heavy atom. The zero-order valence-corrected chi connectivity index (χ0v) is 12.7. The Labute approximate surface area is 130 Å². The first-order chi connectivity index (χ1) is 10.6. The van der Waals surface area contributed by atoms with E-state index in [-0.39, 0.29) is 6.10 Å². The van der Waals surface area contributed by atoms with Crippen molar-refractivity contribution >= 4 is 11.6 Å². The van der Waals surface area contributed by atoms with Gasteiger partial charge in [0.15, 0.2) is 0 Å². The van der Waals surface area contributed by atoms with Gasteiger partial charge in [-0.05, 0) is 43.2 Å². The average molecular weight is 295 g/mol. The number of rotatable bonds is 5. The van der Waals surface area contributed by atoms with E-state index in [4.69, 9.17) is 4.74 Å². The molecule has 2 aromatic rings. The summed E-state index contributed by atoms with van der Waals surface area (Å²) in [4.78, 5) is 0. The fraction of sp³-hybridized carbons (Fsp3) is 0.211. The van der Waals surface area contributed by atoms with Crippen LogP contribution >= 0.6 is 0 Å². The van der Waals surface area contributed by atoms with E-state index < -0.39 is 5.82 Å². The van der Waals surface area contributed by atoms with Crippen LogP contribution in [0.3, 0.4) is 0 Å². The van der Waals surface area contributed by atoms with Gasteiger partial charge < -0.3 is 4.74 Å². The summed E-state index contributed by atoms with van der Waals surface area (Å²) < 4.78 is 19.5. The number of halogens is 1. The number of allylic oxidation sites excluding steroid dienone is 1. The molecule has 0 amide bonds. The Morgan fingerprint density at radius 2 is 1.91 bits per heavy atom. The second kappa shape index (κ2) is 7.42. The van der Waals surface area contributed by atoms with Gasteiger partial charge in [-0.25, -0.2) is 4.39 Å². The SMILES string of the molecule is CC[C@@H](C)Oc1ccc(/C=C(/C#N)c2ccccc2F)cc1. The number of nitriles is 1. The molecule has 2 nitrogen and oxygen atoms in total. The van der Waals surface area contributed by atoms with Gasteiger partial charge in [0.25, 0.3) is 0 Å². The second-order valence-electron chi connectivity index (χ2n) is 5.06. The highest BCUT2D eigenvalue weighted by Crippen LogP contribution is 2.22. The van der Waals surface area contributed by atoms with Crippen LogP contribution in [0.25, 0.3) is 11.6 Å². The zero-order chi connectivity index (χ0) is 15.9. The summed E-state index contributed by atoms with van der Waals surface area (Å²) in [5, 5.41) is 9.26. The van der Waals surface area contributed by atoms with Gasteiger partial charge in [0.2, 0.25) is 0 Å². The van der Waals surface area contributed by atoms with Gasteiger partial charge in [-0.15, -0.1) is 0 Å². The highest BCUT2D eigenvalue weighted by molar-refractivity contribution is 5.89. The quantitative estimate of drug-likeness (QED) is 0.570. The first-order valence-corrected chi connectivity index (χ1v) is 7.27. The molecule has 0 aliphatic heterocycles. The van der Waals surface area contributed by atoms with Gasteiger partial charge in [-0.3, -0.25) is 0 Å². The Morgan fingerprint density at radius 3 is 2.50 bits per heavy atom. The molecule has 112 valence electrons. The average Bonchev–Trinajstić information content (AvgIpc) is 2.55. The lowest BCUT2D eigenvalue weighted by molar-refractivity contribution is 0.217. The molecule has 0 radical (unpaired) electrons. The van der Waals surface area contributed by atoms with E-state index in [1.54, 1.807) is 24.3 Å². The molecule has 0 aromatic heterocycles. The summed E-state index contributed by atoms with van der Waals surface area (Å²) in [5.74, 6) is 0.392. The minimum absolute atomic E-state index is 0.162. The van der Waals surface area contributed by atoms with Crippen LogP contribution in [-0.4, -0.2) is 6.10 Å². The highest BCUT2D eigenvalue weighted by atomic mass is 19.1. The predicted molar refractivity (Wildman–Crippen MR) is 86.7 cm³/mol. The first-order valence-electron chi connectivity index (χ1n) is 7.27. The molecule has 0 saturated heterocycles. The zero-order valence-electron chi connectivity index (χ0n) is 12.7. The number of hydrogen-bond donors (Lipinski definition) is 0. The minimum Gasteiger partial charge on any atom is -0.491 e. The molecule has 0 unspecified atom stereocenters. The maximum Gasteiger partial charge on any atom is 0.131 e. The lowest BCUT2D eigenvalue weighted by Gasteiger charge is -2.12. The van der Waals surface area contributed by atoms with Crippen LogP contribution in [0.15, 0.2) is 48.5 Å². The number of benzene rings is 2. The summed E-state index contributed by atoms with van der Waals surface area (Å²) in [5.41, 5.74) is 1.44. The first kappa shape index (κ1) is 15.8. The Kier molecular flexibility index (Phi) is 5.32. The van der Waals surface area contributed by atoms with Crippen LogP contribution < -0.4 is 4.74 Å². The molecule has 0 bridgehead atoms. The van der Waals surface area contributed by atoms with Crippen molar-refractivity contribution < 1.29 is 9.13 Å². The second-order valence-corrected chi connectivity index (χ2v) is 5.06. The fourth-order valence-electron chi connectivity index (χ4n) is 1.97. The van der Waals surface area contributed by atoms with Crippen LogP contribution in [0.1, 0.15) is 31.4 Å². The molecule has 0 aliphatic rings. The number of ether oxygens (including phenoxy) is 1. The van der Waals surface area contributed by atoms with Crippen LogP contribution in [0.5, 0.6) is 5.75 Å².